The first-order valence-electron chi connectivity index (χ1n) is 9.38. The molecule has 1 aliphatic rings. The Morgan fingerprint density at radius 1 is 1.04 bits per heavy atom. The summed E-state index contributed by atoms with van der Waals surface area (Å²) in [6.07, 6.45) is 0. The Morgan fingerprint density at radius 2 is 1.75 bits per heavy atom. The van der Waals surface area contributed by atoms with Crippen LogP contribution in [0.4, 0.5) is 10.1 Å². The minimum absolute atomic E-state index is 0.129. The number of hydrogen-bond donors (Lipinski definition) is 0. The van der Waals surface area contributed by atoms with Crippen molar-refractivity contribution in [3.05, 3.63) is 70.4 Å². The largest absolute Gasteiger partial charge is 0.368 e. The zero-order valence-electron chi connectivity index (χ0n) is 15.6. The van der Waals surface area contributed by atoms with E-state index in [4.69, 9.17) is 0 Å². The average Bonchev–Trinajstić information content (AvgIpc) is 2.74. The summed E-state index contributed by atoms with van der Waals surface area (Å²) in [4.78, 5) is 29.6. The lowest BCUT2D eigenvalue weighted by Gasteiger charge is -2.36. The summed E-state index contributed by atoms with van der Waals surface area (Å²) in [5.41, 5.74) is 0.937. The minimum Gasteiger partial charge on any atom is -0.368 e. The number of carbonyl (C=O) groups is 1. The lowest BCUT2D eigenvalue weighted by molar-refractivity contribution is 0.0740. The van der Waals surface area contributed by atoms with Gasteiger partial charge in [-0.3, -0.25) is 9.59 Å². The lowest BCUT2D eigenvalue weighted by Crippen LogP contribution is -2.49. The van der Waals surface area contributed by atoms with Crippen molar-refractivity contribution in [2.45, 2.75) is 13.5 Å². The normalized spacial score (nSPS) is 14.5. The molecule has 0 N–H and O–H groups in total. The second kappa shape index (κ2) is 7.42. The fraction of sp³-hybridized carbons (Fsp3) is 0.286. The van der Waals surface area contributed by atoms with Crippen molar-refractivity contribution >= 4 is 22.4 Å². The Labute approximate surface area is 161 Å². The molecule has 2 aromatic carbocycles. The average molecular weight is 380 g/mol. The Hall–Kier alpha value is -3.22. The molecule has 2 heterocycles. The van der Waals surface area contributed by atoms with Crippen molar-refractivity contribution in [1.29, 1.82) is 0 Å². The molecule has 1 amide bonds. The summed E-state index contributed by atoms with van der Waals surface area (Å²) < 4.78 is 15.1. The summed E-state index contributed by atoms with van der Waals surface area (Å²) in [5, 5.41) is 4.82. The van der Waals surface area contributed by atoms with E-state index in [1.165, 1.54) is 22.9 Å². The quantitative estimate of drug-likeness (QED) is 0.701. The SMILES string of the molecule is CCn1nc(C(=O)N2CCN(c3ccccc3)CC2)c2cc(F)ccc2c1=O. The molecule has 1 aromatic heterocycles. The summed E-state index contributed by atoms with van der Waals surface area (Å²) in [6.45, 7) is 4.62. The molecule has 3 aromatic rings. The number of fused-ring (bicyclic) bond motifs is 1. The van der Waals surface area contributed by atoms with Gasteiger partial charge in [-0.1, -0.05) is 18.2 Å². The van der Waals surface area contributed by atoms with Gasteiger partial charge in [0.2, 0.25) is 0 Å². The molecular weight excluding hydrogens is 359 g/mol. The molecule has 0 bridgehead atoms. The predicted molar refractivity (Wildman–Crippen MR) is 106 cm³/mol. The van der Waals surface area contributed by atoms with E-state index in [1.54, 1.807) is 11.8 Å². The van der Waals surface area contributed by atoms with Crippen LogP contribution in [0.25, 0.3) is 10.8 Å². The molecule has 1 fully saturated rings. The molecule has 0 unspecified atom stereocenters. The van der Waals surface area contributed by atoms with E-state index in [-0.39, 0.29) is 22.5 Å². The van der Waals surface area contributed by atoms with E-state index in [0.717, 1.165) is 5.69 Å². The number of carbonyl (C=O) groups excluding carboxylic acids is 1. The standard InChI is InChI=1S/C21H21FN4O2/c1-2-26-20(27)17-9-8-15(22)14-18(17)19(23-26)21(28)25-12-10-24(11-13-25)16-6-4-3-5-7-16/h3-9,14H,2,10-13H2,1H3. The molecule has 28 heavy (non-hydrogen) atoms. The number of para-hydroxylation sites is 1. The number of anilines is 1. The Balaban J connectivity index is 1.64. The van der Waals surface area contributed by atoms with Gasteiger partial charge in [0.15, 0.2) is 5.69 Å². The van der Waals surface area contributed by atoms with E-state index < -0.39 is 5.82 Å². The molecule has 0 saturated carbocycles. The van der Waals surface area contributed by atoms with Crippen molar-refractivity contribution in [2.24, 2.45) is 0 Å². The molecule has 6 nitrogen and oxygen atoms in total. The van der Waals surface area contributed by atoms with Crippen molar-refractivity contribution < 1.29 is 9.18 Å². The Bertz CT molecular complexity index is 1070. The molecule has 144 valence electrons. The van der Waals surface area contributed by atoms with Gasteiger partial charge < -0.3 is 9.80 Å². The summed E-state index contributed by atoms with van der Waals surface area (Å²) in [6, 6.07) is 13.9. The van der Waals surface area contributed by atoms with Gasteiger partial charge in [0.1, 0.15) is 5.82 Å². The number of halogens is 1. The molecule has 0 radical (unpaired) electrons. The number of amides is 1. The third kappa shape index (κ3) is 3.24. The molecule has 0 aliphatic carbocycles. The van der Waals surface area contributed by atoms with Crippen LogP contribution in [0.5, 0.6) is 0 Å². The molecular formula is C21H21FN4O2. The molecule has 0 atom stereocenters. The molecule has 7 heteroatoms. The van der Waals surface area contributed by atoms with Crippen LogP contribution in [-0.2, 0) is 6.54 Å². The van der Waals surface area contributed by atoms with Crippen molar-refractivity contribution in [2.75, 3.05) is 31.1 Å². The van der Waals surface area contributed by atoms with Crippen LogP contribution in [0.2, 0.25) is 0 Å². The highest BCUT2D eigenvalue weighted by Crippen LogP contribution is 2.20. The fourth-order valence-electron chi connectivity index (χ4n) is 3.59. The lowest BCUT2D eigenvalue weighted by atomic mass is 10.1. The van der Waals surface area contributed by atoms with E-state index in [0.29, 0.717) is 38.1 Å². The first-order valence-corrected chi connectivity index (χ1v) is 9.38. The number of piperazine rings is 1. The van der Waals surface area contributed by atoms with Gasteiger partial charge in [0.05, 0.1) is 5.39 Å². The fourth-order valence-corrected chi connectivity index (χ4v) is 3.59. The van der Waals surface area contributed by atoms with Crippen molar-refractivity contribution in [3.8, 4) is 0 Å². The van der Waals surface area contributed by atoms with Gasteiger partial charge in [-0.05, 0) is 37.3 Å². The number of benzene rings is 2. The number of aryl methyl sites for hydroxylation is 1. The van der Waals surface area contributed by atoms with E-state index in [1.807, 2.05) is 30.3 Å². The molecule has 4 rings (SSSR count). The van der Waals surface area contributed by atoms with E-state index >= 15 is 0 Å². The van der Waals surface area contributed by atoms with E-state index in [9.17, 15) is 14.0 Å². The summed E-state index contributed by atoms with van der Waals surface area (Å²) in [7, 11) is 0. The number of nitrogens with zero attached hydrogens (tertiary/aromatic N) is 4. The third-order valence-corrected chi connectivity index (χ3v) is 5.11. The van der Waals surface area contributed by atoms with Crippen LogP contribution in [0.1, 0.15) is 17.4 Å². The van der Waals surface area contributed by atoms with Crippen LogP contribution >= 0.6 is 0 Å². The maximum Gasteiger partial charge on any atom is 0.275 e. The summed E-state index contributed by atoms with van der Waals surface area (Å²) >= 11 is 0. The number of hydrogen-bond acceptors (Lipinski definition) is 4. The highest BCUT2D eigenvalue weighted by molar-refractivity contribution is 6.04. The van der Waals surface area contributed by atoms with Gasteiger partial charge in [0, 0.05) is 43.8 Å². The van der Waals surface area contributed by atoms with Crippen molar-refractivity contribution in [1.82, 2.24) is 14.7 Å². The first-order chi connectivity index (χ1) is 13.6. The van der Waals surface area contributed by atoms with Crippen LogP contribution in [0.15, 0.2) is 53.3 Å². The topological polar surface area (TPSA) is 58.4 Å². The Morgan fingerprint density at radius 3 is 2.43 bits per heavy atom. The highest BCUT2D eigenvalue weighted by atomic mass is 19.1. The molecule has 1 aliphatic heterocycles. The molecule has 0 spiro atoms. The van der Waals surface area contributed by atoms with Crippen LogP contribution in [-0.4, -0.2) is 46.8 Å². The van der Waals surface area contributed by atoms with E-state index in [2.05, 4.69) is 10.00 Å². The second-order valence-electron chi connectivity index (χ2n) is 6.77. The van der Waals surface area contributed by atoms with Crippen LogP contribution in [0, 0.1) is 5.82 Å². The van der Waals surface area contributed by atoms with Gasteiger partial charge in [0.25, 0.3) is 11.5 Å². The predicted octanol–water partition coefficient (Wildman–Crippen LogP) is 2.52. The van der Waals surface area contributed by atoms with Crippen LogP contribution < -0.4 is 10.5 Å². The number of aromatic nitrogens is 2. The number of rotatable bonds is 3. The van der Waals surface area contributed by atoms with Gasteiger partial charge >= 0.3 is 0 Å². The first kappa shape index (κ1) is 18.2. The summed E-state index contributed by atoms with van der Waals surface area (Å²) in [5.74, 6) is -0.767. The second-order valence-corrected chi connectivity index (χ2v) is 6.77. The van der Waals surface area contributed by atoms with Crippen molar-refractivity contribution in [3.63, 3.8) is 0 Å². The maximum absolute atomic E-state index is 13.8. The monoisotopic (exact) mass is 380 g/mol. The zero-order chi connectivity index (χ0) is 19.7. The molecule has 1 saturated heterocycles. The Kier molecular flexibility index (Phi) is 4.81. The maximum atomic E-state index is 13.8. The van der Waals surface area contributed by atoms with Gasteiger partial charge in [-0.2, -0.15) is 5.10 Å². The smallest absolute Gasteiger partial charge is 0.275 e. The zero-order valence-corrected chi connectivity index (χ0v) is 15.6. The third-order valence-electron chi connectivity index (χ3n) is 5.11. The van der Waals surface area contributed by atoms with Gasteiger partial charge in [-0.15, -0.1) is 0 Å². The minimum atomic E-state index is -0.495. The highest BCUT2D eigenvalue weighted by Gasteiger charge is 2.26. The van der Waals surface area contributed by atoms with Crippen LogP contribution in [0.3, 0.4) is 0 Å². The van der Waals surface area contributed by atoms with Gasteiger partial charge in [-0.25, -0.2) is 9.07 Å².